The van der Waals surface area contributed by atoms with Crippen molar-refractivity contribution in [3.05, 3.63) is 65.7 Å². The molecule has 0 bridgehead atoms. The van der Waals surface area contributed by atoms with E-state index in [0.29, 0.717) is 12.1 Å². The van der Waals surface area contributed by atoms with Crippen molar-refractivity contribution in [1.29, 1.82) is 0 Å². The monoisotopic (exact) mass is 420 g/mol. The van der Waals surface area contributed by atoms with E-state index < -0.39 is 0 Å². The van der Waals surface area contributed by atoms with E-state index in [4.69, 9.17) is 0 Å². The van der Waals surface area contributed by atoms with E-state index in [-0.39, 0.29) is 11.8 Å². The second kappa shape index (κ2) is 10.6. The fourth-order valence-electron chi connectivity index (χ4n) is 4.33. The first-order valence-electron chi connectivity index (χ1n) is 11.4. The van der Waals surface area contributed by atoms with Crippen LogP contribution in [0.25, 0.3) is 0 Å². The van der Waals surface area contributed by atoms with Gasteiger partial charge in [-0.2, -0.15) is 0 Å². The van der Waals surface area contributed by atoms with Crippen LogP contribution in [0.4, 0.5) is 5.69 Å². The molecule has 2 aromatic rings. The molecule has 6 heteroatoms. The van der Waals surface area contributed by atoms with Gasteiger partial charge in [-0.25, -0.2) is 0 Å². The smallest absolute Gasteiger partial charge is 0.253 e. The Morgan fingerprint density at radius 1 is 0.742 bits per heavy atom. The van der Waals surface area contributed by atoms with Gasteiger partial charge in [0.25, 0.3) is 5.91 Å². The molecule has 4 rings (SSSR count). The lowest BCUT2D eigenvalue weighted by atomic mass is 10.1. The maximum Gasteiger partial charge on any atom is 0.253 e. The molecule has 2 aliphatic rings. The molecule has 2 saturated heterocycles. The number of carbonyl (C=O) groups is 2. The molecule has 31 heavy (non-hydrogen) atoms. The average Bonchev–Trinajstić information content (AvgIpc) is 2.82. The van der Waals surface area contributed by atoms with Crippen LogP contribution in [0, 0.1) is 0 Å². The van der Waals surface area contributed by atoms with E-state index in [1.807, 2.05) is 35.2 Å². The van der Waals surface area contributed by atoms with Crippen molar-refractivity contribution in [2.45, 2.75) is 25.8 Å². The van der Waals surface area contributed by atoms with Gasteiger partial charge in [0.05, 0.1) is 6.54 Å². The van der Waals surface area contributed by atoms with Gasteiger partial charge in [0, 0.05) is 57.1 Å². The summed E-state index contributed by atoms with van der Waals surface area (Å²) in [6.07, 6.45) is 3.37. The standard InChI is InChI=1S/C25H32N4O2/c30-24(20-28-17-15-27(16-18-28)19-21-7-3-1-4-8-21)26-23-11-9-22(10-12-23)25(31)29-13-5-2-6-14-29/h1,3-4,7-12H,2,5-6,13-20H2,(H,26,30). The Labute approximate surface area is 184 Å². The van der Waals surface area contributed by atoms with Crippen molar-refractivity contribution in [2.75, 3.05) is 51.1 Å². The van der Waals surface area contributed by atoms with E-state index in [0.717, 1.165) is 64.3 Å². The molecule has 2 aromatic carbocycles. The molecule has 0 atom stereocenters. The Kier molecular flexibility index (Phi) is 7.33. The minimum absolute atomic E-state index is 0.00776. The molecule has 6 nitrogen and oxygen atoms in total. The molecule has 0 unspecified atom stereocenters. The summed E-state index contributed by atoms with van der Waals surface area (Å²) in [5.74, 6) is 0.0811. The van der Waals surface area contributed by atoms with Crippen LogP contribution in [0.2, 0.25) is 0 Å². The minimum Gasteiger partial charge on any atom is -0.339 e. The predicted octanol–water partition coefficient (Wildman–Crippen LogP) is 3.07. The summed E-state index contributed by atoms with van der Waals surface area (Å²) in [6, 6.07) is 17.8. The maximum atomic E-state index is 12.6. The lowest BCUT2D eigenvalue weighted by molar-refractivity contribution is -0.117. The summed E-state index contributed by atoms with van der Waals surface area (Å²) in [5.41, 5.74) is 2.76. The van der Waals surface area contributed by atoms with Crippen molar-refractivity contribution >= 4 is 17.5 Å². The SMILES string of the molecule is O=C(CN1CCN(Cc2ccccc2)CC1)Nc1ccc(C(=O)N2CCCCC2)cc1. The predicted molar refractivity (Wildman–Crippen MR) is 123 cm³/mol. The Hall–Kier alpha value is -2.70. The van der Waals surface area contributed by atoms with Crippen LogP contribution in [0.1, 0.15) is 35.2 Å². The van der Waals surface area contributed by atoms with Gasteiger partial charge < -0.3 is 10.2 Å². The molecule has 2 heterocycles. The third-order valence-electron chi connectivity index (χ3n) is 6.14. The zero-order chi connectivity index (χ0) is 21.5. The van der Waals surface area contributed by atoms with E-state index in [9.17, 15) is 9.59 Å². The first kappa shape index (κ1) is 21.5. The van der Waals surface area contributed by atoms with Gasteiger partial charge in [0.1, 0.15) is 0 Å². The number of benzene rings is 2. The zero-order valence-corrected chi connectivity index (χ0v) is 18.1. The lowest BCUT2D eigenvalue weighted by Gasteiger charge is -2.34. The summed E-state index contributed by atoms with van der Waals surface area (Å²) in [4.78, 5) is 31.6. The number of hydrogen-bond acceptors (Lipinski definition) is 4. The van der Waals surface area contributed by atoms with Crippen LogP contribution in [0.5, 0.6) is 0 Å². The third-order valence-corrected chi connectivity index (χ3v) is 6.14. The van der Waals surface area contributed by atoms with Crippen molar-refractivity contribution in [3.63, 3.8) is 0 Å². The topological polar surface area (TPSA) is 55.9 Å². The summed E-state index contributed by atoms with van der Waals surface area (Å²) < 4.78 is 0. The fourth-order valence-corrected chi connectivity index (χ4v) is 4.33. The number of amides is 2. The van der Waals surface area contributed by atoms with E-state index in [1.54, 1.807) is 0 Å². The highest BCUT2D eigenvalue weighted by Gasteiger charge is 2.20. The number of carbonyl (C=O) groups excluding carboxylic acids is 2. The van der Waals surface area contributed by atoms with E-state index in [1.165, 1.54) is 12.0 Å². The second-order valence-corrected chi connectivity index (χ2v) is 8.52. The maximum absolute atomic E-state index is 12.6. The Morgan fingerprint density at radius 3 is 2.06 bits per heavy atom. The number of nitrogens with zero attached hydrogens (tertiary/aromatic N) is 3. The molecule has 1 N–H and O–H groups in total. The summed E-state index contributed by atoms with van der Waals surface area (Å²) in [6.45, 7) is 6.76. The first-order valence-corrected chi connectivity index (χ1v) is 11.4. The molecule has 2 fully saturated rings. The van der Waals surface area contributed by atoms with Gasteiger partial charge in [0.2, 0.25) is 5.91 Å². The van der Waals surface area contributed by atoms with Crippen LogP contribution < -0.4 is 5.32 Å². The molecular formula is C25H32N4O2. The normalized spacial score (nSPS) is 18.0. The Morgan fingerprint density at radius 2 is 1.39 bits per heavy atom. The van der Waals surface area contributed by atoms with Gasteiger partial charge >= 0.3 is 0 Å². The second-order valence-electron chi connectivity index (χ2n) is 8.52. The van der Waals surface area contributed by atoms with Gasteiger partial charge in [0.15, 0.2) is 0 Å². The Bertz CT molecular complexity index is 855. The van der Waals surface area contributed by atoms with Crippen LogP contribution in [-0.2, 0) is 11.3 Å². The van der Waals surface area contributed by atoms with Crippen molar-refractivity contribution < 1.29 is 9.59 Å². The van der Waals surface area contributed by atoms with Gasteiger partial charge in [-0.3, -0.25) is 19.4 Å². The van der Waals surface area contributed by atoms with Gasteiger partial charge in [-0.1, -0.05) is 30.3 Å². The molecular weight excluding hydrogens is 388 g/mol. The number of likely N-dealkylation sites (tertiary alicyclic amines) is 1. The van der Waals surface area contributed by atoms with Gasteiger partial charge in [-0.15, -0.1) is 0 Å². The quantitative estimate of drug-likeness (QED) is 0.780. The van der Waals surface area contributed by atoms with Crippen molar-refractivity contribution in [1.82, 2.24) is 14.7 Å². The molecule has 0 radical (unpaired) electrons. The van der Waals surface area contributed by atoms with Crippen LogP contribution in [0.3, 0.4) is 0 Å². The highest BCUT2D eigenvalue weighted by atomic mass is 16.2. The number of piperidine rings is 1. The summed E-state index contributed by atoms with van der Waals surface area (Å²) in [7, 11) is 0. The number of anilines is 1. The fraction of sp³-hybridized carbons (Fsp3) is 0.440. The van der Waals surface area contributed by atoms with Crippen LogP contribution in [-0.4, -0.2) is 72.3 Å². The third kappa shape index (κ3) is 6.15. The molecule has 2 aliphatic heterocycles. The van der Waals surface area contributed by atoms with E-state index in [2.05, 4.69) is 39.4 Å². The van der Waals surface area contributed by atoms with Crippen LogP contribution in [0.15, 0.2) is 54.6 Å². The molecule has 0 aromatic heterocycles. The van der Waals surface area contributed by atoms with Crippen molar-refractivity contribution in [3.8, 4) is 0 Å². The highest BCUT2D eigenvalue weighted by Crippen LogP contribution is 2.16. The lowest BCUT2D eigenvalue weighted by Crippen LogP contribution is -2.48. The Balaban J connectivity index is 1.20. The molecule has 0 aliphatic carbocycles. The van der Waals surface area contributed by atoms with Crippen LogP contribution >= 0.6 is 0 Å². The van der Waals surface area contributed by atoms with Gasteiger partial charge in [-0.05, 0) is 49.1 Å². The number of piperazine rings is 1. The molecule has 0 saturated carbocycles. The summed E-state index contributed by atoms with van der Waals surface area (Å²) in [5, 5.41) is 2.97. The largest absolute Gasteiger partial charge is 0.339 e. The highest BCUT2D eigenvalue weighted by molar-refractivity contribution is 5.96. The minimum atomic E-state index is -0.00776. The first-order chi connectivity index (χ1) is 15.2. The van der Waals surface area contributed by atoms with Crippen molar-refractivity contribution in [2.24, 2.45) is 0 Å². The summed E-state index contributed by atoms with van der Waals surface area (Å²) >= 11 is 0. The number of hydrogen-bond donors (Lipinski definition) is 1. The molecule has 2 amide bonds. The average molecular weight is 421 g/mol. The molecule has 0 spiro atoms. The number of nitrogens with one attached hydrogen (secondary N) is 1. The van der Waals surface area contributed by atoms with E-state index >= 15 is 0 Å². The molecule has 164 valence electrons. The zero-order valence-electron chi connectivity index (χ0n) is 18.1. The number of rotatable bonds is 6.